The van der Waals surface area contributed by atoms with E-state index in [-0.39, 0.29) is 56.9 Å². The normalized spacial score (nSPS) is 21.9. The van der Waals surface area contributed by atoms with Crippen LogP contribution in [0, 0.1) is 23.0 Å². The number of halogens is 7. The Balaban J connectivity index is 1.48. The smallest absolute Gasteiger partial charge is 0.409 e. The molecule has 0 spiro atoms. The molecule has 7 rings (SSSR count). The summed E-state index contributed by atoms with van der Waals surface area (Å²) < 4.78 is 100. The summed E-state index contributed by atoms with van der Waals surface area (Å²) in [5.41, 5.74) is -2.16. The van der Waals surface area contributed by atoms with Crippen LogP contribution < -0.4 is 19.7 Å². The highest BCUT2D eigenvalue weighted by molar-refractivity contribution is 7.23. The van der Waals surface area contributed by atoms with Gasteiger partial charge in [-0.1, -0.05) is 23.7 Å². The largest absolute Gasteiger partial charge is 0.489 e. The number of carboxylic acid groups (broad SMARTS) is 1. The summed E-state index contributed by atoms with van der Waals surface area (Å²) >= 11 is 7.43. The van der Waals surface area contributed by atoms with Crippen molar-refractivity contribution in [2.24, 2.45) is 0 Å². The van der Waals surface area contributed by atoms with Crippen LogP contribution in [0.4, 0.5) is 42.0 Å². The lowest BCUT2D eigenvalue weighted by Crippen LogP contribution is -2.44. The molecule has 5 heterocycles. The van der Waals surface area contributed by atoms with Crippen molar-refractivity contribution < 1.29 is 45.7 Å². The zero-order valence-corrected chi connectivity index (χ0v) is 27.3. The Labute approximate surface area is 288 Å². The Kier molecular flexibility index (Phi) is 8.39. The predicted molar refractivity (Wildman–Crippen MR) is 173 cm³/mol. The van der Waals surface area contributed by atoms with Crippen LogP contribution in [0.3, 0.4) is 0 Å². The molecule has 0 saturated carbocycles. The lowest BCUT2D eigenvalue weighted by molar-refractivity contribution is -0.120. The number of hydrogen-bond acceptors (Lipinski definition) is 9. The van der Waals surface area contributed by atoms with Crippen LogP contribution in [0.5, 0.6) is 11.8 Å². The summed E-state index contributed by atoms with van der Waals surface area (Å²) in [6.07, 6.45) is -4.65. The van der Waals surface area contributed by atoms with E-state index in [4.69, 9.17) is 21.1 Å². The predicted octanol–water partition coefficient (Wildman–Crippen LogP) is 7.68. The molecule has 2 fully saturated rings. The minimum absolute atomic E-state index is 0.119. The molecule has 2 N–H and O–H groups in total. The molecule has 0 radical (unpaired) electrons. The average Bonchev–Trinajstić information content (AvgIpc) is 3.67. The first kappa shape index (κ1) is 33.9. The number of ether oxygens (including phenoxy) is 2. The number of nitrogens with one attached hydrogen (secondary N) is 1. The van der Waals surface area contributed by atoms with Gasteiger partial charge < -0.3 is 19.5 Å². The summed E-state index contributed by atoms with van der Waals surface area (Å²) in [6, 6.07) is 2.31. The third kappa shape index (κ3) is 5.59. The van der Waals surface area contributed by atoms with E-state index in [0.29, 0.717) is 24.3 Å². The van der Waals surface area contributed by atoms with Crippen LogP contribution in [0.1, 0.15) is 24.8 Å². The van der Waals surface area contributed by atoms with Crippen molar-refractivity contribution in [3.05, 3.63) is 47.0 Å². The number of thiophene rings is 1. The molecule has 4 aromatic rings. The second-order valence-corrected chi connectivity index (χ2v) is 13.7. The van der Waals surface area contributed by atoms with E-state index in [1.807, 2.05) is 16.3 Å². The van der Waals surface area contributed by atoms with E-state index in [2.05, 4.69) is 16.5 Å². The highest BCUT2D eigenvalue weighted by Gasteiger charge is 2.49. The fourth-order valence-electron chi connectivity index (χ4n) is 7.20. The van der Waals surface area contributed by atoms with Crippen molar-refractivity contribution in [3.8, 4) is 29.0 Å². The van der Waals surface area contributed by atoms with E-state index in [1.165, 1.54) is 6.08 Å². The number of anilines is 2. The molecule has 10 nitrogen and oxygen atoms in total. The zero-order valence-electron chi connectivity index (χ0n) is 25.7. The molecule has 3 atom stereocenters. The molecule has 0 unspecified atom stereocenters. The van der Waals surface area contributed by atoms with Crippen molar-refractivity contribution >= 4 is 60.8 Å². The maximum Gasteiger partial charge on any atom is 0.409 e. The molecule has 50 heavy (non-hydrogen) atoms. The number of carbonyl (C=O) groups is 1. The molecule has 3 aliphatic rings. The zero-order chi connectivity index (χ0) is 35.7. The summed E-state index contributed by atoms with van der Waals surface area (Å²) in [5, 5.41) is 20.2. The van der Waals surface area contributed by atoms with E-state index >= 15 is 8.78 Å². The number of hydrogen-bond donors (Lipinski definition) is 2. The van der Waals surface area contributed by atoms with Crippen LogP contribution in [0.15, 0.2) is 24.8 Å². The minimum atomic E-state index is -4.76. The van der Waals surface area contributed by atoms with Gasteiger partial charge in [0.15, 0.2) is 11.6 Å². The molecule has 2 saturated heterocycles. The fraction of sp³-hybridized carbons (Fsp3) is 0.375. The highest BCUT2D eigenvalue weighted by Crippen LogP contribution is 2.52. The van der Waals surface area contributed by atoms with Gasteiger partial charge in [0.2, 0.25) is 0 Å². The number of amides is 1. The summed E-state index contributed by atoms with van der Waals surface area (Å²) in [6.45, 7) is 2.39. The molecular weight excluding hydrogens is 714 g/mol. The summed E-state index contributed by atoms with van der Waals surface area (Å²) in [7, 11) is 0. The van der Waals surface area contributed by atoms with E-state index in [1.54, 1.807) is 0 Å². The maximum absolute atomic E-state index is 17.1. The van der Waals surface area contributed by atoms with Gasteiger partial charge in [-0.3, -0.25) is 10.2 Å². The molecule has 2 aromatic carbocycles. The minimum Gasteiger partial charge on any atom is -0.489 e. The van der Waals surface area contributed by atoms with E-state index < -0.39 is 82.7 Å². The van der Waals surface area contributed by atoms with Gasteiger partial charge in [0.05, 0.1) is 32.3 Å². The number of aromatic nitrogens is 2. The van der Waals surface area contributed by atoms with Crippen molar-refractivity contribution in [2.75, 3.05) is 43.1 Å². The van der Waals surface area contributed by atoms with Gasteiger partial charge in [0, 0.05) is 23.9 Å². The number of nitriles is 1. The van der Waals surface area contributed by atoms with Gasteiger partial charge in [0.25, 0.3) is 0 Å². The Bertz CT molecular complexity index is 2130. The first-order chi connectivity index (χ1) is 23.7. The monoisotopic (exact) mass is 738 g/mol. The summed E-state index contributed by atoms with van der Waals surface area (Å²) in [4.78, 5) is 22.8. The number of nitrogens with zero attached hydrogens (tertiary/aromatic N) is 5. The number of fused-ring (bicyclic) bond motifs is 2. The van der Waals surface area contributed by atoms with Crippen molar-refractivity contribution in [1.82, 2.24) is 14.9 Å². The van der Waals surface area contributed by atoms with Crippen molar-refractivity contribution in [1.29, 1.82) is 5.26 Å². The SMILES string of the molecule is C=C[C@H]1COc2c(Cl)c(-c3ccc(F)c4sc(NC(=O)O)c(C#N)c34)c(F)c3nc(OC[C@@]45CCCN4C[C@H](F)C5)nc(c23)N1CC(F)(F)F. The van der Waals surface area contributed by atoms with Gasteiger partial charge in [-0.25, -0.2) is 18.0 Å². The number of rotatable bonds is 7. The van der Waals surface area contributed by atoms with Gasteiger partial charge in [-0.05, 0) is 31.0 Å². The first-order valence-corrected chi connectivity index (χ1v) is 16.4. The number of alkyl halides is 4. The van der Waals surface area contributed by atoms with E-state index in [0.717, 1.165) is 23.5 Å². The van der Waals surface area contributed by atoms with Crippen molar-refractivity contribution in [2.45, 2.75) is 43.2 Å². The summed E-state index contributed by atoms with van der Waals surface area (Å²) in [5.74, 6) is -2.72. The second kappa shape index (κ2) is 12.4. The first-order valence-electron chi connectivity index (χ1n) is 15.2. The third-order valence-electron chi connectivity index (χ3n) is 9.26. The number of benzene rings is 2. The van der Waals surface area contributed by atoms with Gasteiger partial charge in [-0.15, -0.1) is 17.9 Å². The fourth-order valence-corrected chi connectivity index (χ4v) is 8.60. The molecule has 2 aromatic heterocycles. The van der Waals surface area contributed by atoms with Crippen LogP contribution in [0.2, 0.25) is 5.02 Å². The quantitative estimate of drug-likeness (QED) is 0.145. The second-order valence-electron chi connectivity index (χ2n) is 12.3. The Hall–Kier alpha value is -4.53. The Morgan fingerprint density at radius 1 is 1.32 bits per heavy atom. The van der Waals surface area contributed by atoms with Gasteiger partial charge in [-0.2, -0.15) is 28.4 Å². The Morgan fingerprint density at radius 3 is 2.80 bits per heavy atom. The van der Waals surface area contributed by atoms with Gasteiger partial charge >= 0.3 is 18.3 Å². The van der Waals surface area contributed by atoms with Crippen LogP contribution in [-0.4, -0.2) is 82.8 Å². The lowest BCUT2D eigenvalue weighted by atomic mass is 9.95. The molecule has 18 heteroatoms. The standard InChI is InChI=1S/C32H25ClF6N6O4S/c1-2-15-11-48-25-21-24(23(36)20(22(25)33)16-4-5-18(35)26-19(16)17(9-40)28(50-26)43-30(46)47)41-29(42-27(21)45(15)12-32(37,38)39)49-13-31-6-3-7-44(31)10-14(34)8-31/h2,4-5,14-15,43H,1,3,6-8,10-13H2,(H,46,47)/t14-,15+,31+/m1/s1. The third-order valence-corrected chi connectivity index (χ3v) is 10.7. The molecule has 3 aliphatic heterocycles. The lowest BCUT2D eigenvalue weighted by Gasteiger charge is -2.31. The van der Waals surface area contributed by atoms with E-state index in [9.17, 15) is 32.7 Å². The Morgan fingerprint density at radius 2 is 2.10 bits per heavy atom. The molecule has 1 amide bonds. The van der Waals surface area contributed by atoms with Crippen LogP contribution in [-0.2, 0) is 0 Å². The highest BCUT2D eigenvalue weighted by atomic mass is 35.5. The van der Waals surface area contributed by atoms with Crippen LogP contribution >= 0.6 is 22.9 Å². The van der Waals surface area contributed by atoms with Crippen molar-refractivity contribution in [3.63, 3.8) is 0 Å². The maximum atomic E-state index is 17.1. The molecular formula is C32H25ClF6N6O4S. The molecule has 0 bridgehead atoms. The molecule has 0 aliphatic carbocycles. The van der Waals surface area contributed by atoms with Gasteiger partial charge in [0.1, 0.15) is 54.2 Å². The average molecular weight is 739 g/mol. The topological polar surface area (TPSA) is 124 Å². The van der Waals surface area contributed by atoms with Crippen LogP contribution in [0.25, 0.3) is 32.1 Å². The molecule has 262 valence electrons.